The van der Waals surface area contributed by atoms with Gasteiger partial charge in [0.2, 0.25) is 5.91 Å². The highest BCUT2D eigenvalue weighted by Crippen LogP contribution is 2.27. The first kappa shape index (κ1) is 23.9. The molecule has 1 fully saturated rings. The molecule has 0 spiro atoms. The summed E-state index contributed by atoms with van der Waals surface area (Å²) in [6, 6.07) is 7.13. The van der Waals surface area contributed by atoms with Crippen LogP contribution in [-0.2, 0) is 16.1 Å². The number of hydrogen-bond acceptors (Lipinski definition) is 9. The molecule has 1 saturated heterocycles. The summed E-state index contributed by atoms with van der Waals surface area (Å²) in [7, 11) is 0. The number of aromatic nitrogens is 4. The molecule has 13 heteroatoms. The molecule has 1 unspecified atom stereocenters. The van der Waals surface area contributed by atoms with E-state index < -0.39 is 5.82 Å². The largest absolute Gasteiger partial charge is 0.376 e. The molecule has 9 nitrogen and oxygen atoms in total. The van der Waals surface area contributed by atoms with Crippen LogP contribution in [-0.4, -0.2) is 43.6 Å². The van der Waals surface area contributed by atoms with Gasteiger partial charge >= 0.3 is 0 Å². The molecule has 5 rings (SSSR count). The standard InChI is InChI=1S/C22H20FN5O4S3/c1-12-9-16(26-32-12)24-17(29)11-34-21-25-19-18(20(30)28(21)14-6-4-13(23)5-7-14)35-22(33)27(19)10-15-3-2-8-31-15/h4-7,9,15H,2-3,8,10-11H2,1H3,(H,24,26,29). The van der Waals surface area contributed by atoms with Gasteiger partial charge in [-0.15, -0.1) is 0 Å². The minimum atomic E-state index is -0.425. The molecule has 1 aliphatic rings. The van der Waals surface area contributed by atoms with Gasteiger partial charge in [0.25, 0.3) is 5.56 Å². The lowest BCUT2D eigenvalue weighted by molar-refractivity contribution is -0.113. The first-order chi connectivity index (χ1) is 16.9. The number of benzene rings is 1. The van der Waals surface area contributed by atoms with Crippen LogP contribution in [0.4, 0.5) is 10.2 Å². The van der Waals surface area contributed by atoms with Gasteiger partial charge in [0.05, 0.1) is 24.1 Å². The fourth-order valence-electron chi connectivity index (χ4n) is 3.78. The van der Waals surface area contributed by atoms with Gasteiger partial charge in [-0.2, -0.15) is 0 Å². The summed E-state index contributed by atoms with van der Waals surface area (Å²) in [5.41, 5.74) is 0.554. The number of nitrogens with one attached hydrogen (secondary N) is 1. The van der Waals surface area contributed by atoms with Crippen molar-refractivity contribution in [1.82, 2.24) is 19.3 Å². The number of thioether (sulfide) groups is 1. The maximum Gasteiger partial charge on any atom is 0.278 e. The number of nitrogens with zero attached hydrogens (tertiary/aromatic N) is 4. The molecule has 0 aliphatic carbocycles. The Labute approximate surface area is 211 Å². The van der Waals surface area contributed by atoms with Crippen molar-refractivity contribution < 1.29 is 18.4 Å². The Morgan fingerprint density at radius 1 is 1.37 bits per heavy atom. The Bertz CT molecular complexity index is 1500. The predicted molar refractivity (Wildman–Crippen MR) is 134 cm³/mol. The minimum Gasteiger partial charge on any atom is -0.376 e. The average Bonchev–Trinajstić information content (AvgIpc) is 3.56. The number of carbonyl (C=O) groups is 1. The quantitative estimate of drug-likeness (QED) is 0.213. The van der Waals surface area contributed by atoms with Gasteiger partial charge in [0.15, 0.2) is 20.6 Å². The van der Waals surface area contributed by atoms with Gasteiger partial charge in [-0.1, -0.05) is 28.3 Å². The van der Waals surface area contributed by atoms with Crippen molar-refractivity contribution in [2.24, 2.45) is 0 Å². The van der Waals surface area contributed by atoms with E-state index in [4.69, 9.17) is 26.5 Å². The van der Waals surface area contributed by atoms with E-state index in [1.54, 1.807) is 13.0 Å². The van der Waals surface area contributed by atoms with E-state index in [0.29, 0.717) is 44.7 Å². The van der Waals surface area contributed by atoms with Gasteiger partial charge in [0, 0.05) is 12.7 Å². The van der Waals surface area contributed by atoms with E-state index in [1.807, 2.05) is 4.57 Å². The molecule has 0 radical (unpaired) electrons. The van der Waals surface area contributed by atoms with Crippen LogP contribution < -0.4 is 10.9 Å². The summed E-state index contributed by atoms with van der Waals surface area (Å²) in [5, 5.41) is 6.69. The zero-order valence-electron chi connectivity index (χ0n) is 18.5. The molecule has 1 N–H and O–H groups in total. The number of halogens is 1. The molecular formula is C22H20FN5O4S3. The van der Waals surface area contributed by atoms with Crippen molar-refractivity contribution in [2.45, 2.75) is 37.6 Å². The number of carbonyl (C=O) groups excluding carboxylic acids is 1. The zero-order chi connectivity index (χ0) is 24.5. The minimum absolute atomic E-state index is 0.00799. The van der Waals surface area contributed by atoms with Crippen molar-refractivity contribution in [3.8, 4) is 5.69 Å². The third kappa shape index (κ3) is 5.08. The SMILES string of the molecule is Cc1cc(NC(=O)CSc2nc3c(sc(=S)n3CC3CCCO3)c(=O)n2-c2ccc(F)cc2)no1. The highest BCUT2D eigenvalue weighted by molar-refractivity contribution is 7.99. The lowest BCUT2D eigenvalue weighted by atomic mass is 10.2. The number of fused-ring (bicyclic) bond motifs is 1. The van der Waals surface area contributed by atoms with Gasteiger partial charge in [-0.3, -0.25) is 14.2 Å². The Kier molecular flexibility index (Phi) is 6.82. The fourth-order valence-corrected chi connectivity index (χ4v) is 5.86. The maximum atomic E-state index is 13.6. The van der Waals surface area contributed by atoms with Crippen LogP contribution in [0.25, 0.3) is 16.0 Å². The second kappa shape index (κ2) is 10.0. The van der Waals surface area contributed by atoms with Crippen LogP contribution >= 0.6 is 35.3 Å². The number of ether oxygens (including phenoxy) is 1. The van der Waals surface area contributed by atoms with Crippen molar-refractivity contribution in [3.63, 3.8) is 0 Å². The summed E-state index contributed by atoms with van der Waals surface area (Å²) in [6.07, 6.45) is 1.90. The van der Waals surface area contributed by atoms with E-state index in [-0.39, 0.29) is 28.5 Å². The van der Waals surface area contributed by atoms with Crippen molar-refractivity contribution in [3.05, 3.63) is 56.2 Å². The smallest absolute Gasteiger partial charge is 0.278 e. The number of aryl methyl sites for hydroxylation is 1. The Morgan fingerprint density at radius 2 is 2.17 bits per heavy atom. The molecular weight excluding hydrogens is 513 g/mol. The molecule has 0 saturated carbocycles. The number of amides is 1. The summed E-state index contributed by atoms with van der Waals surface area (Å²) in [6.45, 7) is 2.92. The molecule has 4 aromatic rings. The topological polar surface area (TPSA) is 104 Å². The number of anilines is 1. The molecule has 1 aromatic carbocycles. The first-order valence-corrected chi connectivity index (χ1v) is 13.0. The molecule has 3 aromatic heterocycles. The van der Waals surface area contributed by atoms with Crippen molar-refractivity contribution in [1.29, 1.82) is 0 Å². The third-order valence-corrected chi connectivity index (χ3v) is 7.75. The molecule has 4 heterocycles. The average molecular weight is 534 g/mol. The summed E-state index contributed by atoms with van der Waals surface area (Å²) < 4.78 is 28.4. The van der Waals surface area contributed by atoms with Crippen LogP contribution in [0.15, 0.2) is 44.8 Å². The van der Waals surface area contributed by atoms with E-state index in [1.165, 1.54) is 40.2 Å². The molecule has 35 heavy (non-hydrogen) atoms. The predicted octanol–water partition coefficient (Wildman–Crippen LogP) is 4.32. The van der Waals surface area contributed by atoms with Crippen LogP contribution in [0.2, 0.25) is 0 Å². The van der Waals surface area contributed by atoms with E-state index >= 15 is 0 Å². The Morgan fingerprint density at radius 3 is 2.86 bits per heavy atom. The molecule has 1 amide bonds. The summed E-state index contributed by atoms with van der Waals surface area (Å²) in [5.74, 6) is 0.0610. The third-order valence-electron chi connectivity index (χ3n) is 5.38. The van der Waals surface area contributed by atoms with Crippen LogP contribution in [0, 0.1) is 16.7 Å². The molecule has 182 valence electrons. The fraction of sp³-hybridized carbons (Fsp3) is 0.318. The van der Waals surface area contributed by atoms with Crippen molar-refractivity contribution >= 4 is 57.4 Å². The second-order valence-corrected chi connectivity index (χ2v) is 10.5. The lowest BCUT2D eigenvalue weighted by Crippen LogP contribution is -2.23. The van der Waals surface area contributed by atoms with Crippen LogP contribution in [0.1, 0.15) is 18.6 Å². The van der Waals surface area contributed by atoms with Gasteiger partial charge in [-0.25, -0.2) is 9.37 Å². The van der Waals surface area contributed by atoms with Gasteiger partial charge in [-0.05, 0) is 56.2 Å². The van der Waals surface area contributed by atoms with Crippen LogP contribution in [0.5, 0.6) is 0 Å². The normalized spacial score (nSPS) is 15.7. The Balaban J connectivity index is 1.53. The molecule has 1 atom stereocenters. The Hall–Kier alpha value is -2.87. The van der Waals surface area contributed by atoms with Crippen molar-refractivity contribution in [2.75, 3.05) is 17.7 Å². The number of rotatable bonds is 7. The van der Waals surface area contributed by atoms with E-state index in [9.17, 15) is 14.0 Å². The lowest BCUT2D eigenvalue weighted by Gasteiger charge is -2.14. The van der Waals surface area contributed by atoms with Gasteiger partial charge < -0.3 is 19.1 Å². The van der Waals surface area contributed by atoms with Gasteiger partial charge in [0.1, 0.15) is 16.3 Å². The zero-order valence-corrected chi connectivity index (χ0v) is 21.0. The summed E-state index contributed by atoms with van der Waals surface area (Å²) in [4.78, 5) is 30.9. The van der Waals surface area contributed by atoms with Crippen LogP contribution in [0.3, 0.4) is 0 Å². The number of thiazole rings is 1. The summed E-state index contributed by atoms with van der Waals surface area (Å²) >= 11 is 7.82. The number of hydrogen-bond donors (Lipinski definition) is 1. The highest BCUT2D eigenvalue weighted by atomic mass is 32.2. The molecule has 1 aliphatic heterocycles. The molecule has 0 bridgehead atoms. The first-order valence-electron chi connectivity index (χ1n) is 10.8. The second-order valence-electron chi connectivity index (χ2n) is 7.94. The highest BCUT2D eigenvalue weighted by Gasteiger charge is 2.22. The monoisotopic (exact) mass is 533 g/mol. The van der Waals surface area contributed by atoms with E-state index in [2.05, 4.69) is 10.5 Å². The van der Waals surface area contributed by atoms with E-state index in [0.717, 1.165) is 24.6 Å². The maximum absolute atomic E-state index is 13.6.